The Labute approximate surface area is 174 Å². The number of aryl methyl sites for hydroxylation is 1. The van der Waals surface area contributed by atoms with Crippen molar-refractivity contribution in [3.05, 3.63) is 77.6 Å². The molecule has 2 bridgehead atoms. The average Bonchev–Trinajstić information content (AvgIpc) is 3.17. The van der Waals surface area contributed by atoms with Crippen LogP contribution < -0.4 is 4.74 Å². The highest BCUT2D eigenvalue weighted by Gasteiger charge is 2.12. The zero-order valence-electron chi connectivity index (χ0n) is 18.3. The van der Waals surface area contributed by atoms with E-state index < -0.39 is 0 Å². The highest BCUT2D eigenvalue weighted by atomic mass is 16.5. The molecular formula is C25H32N2O2. The van der Waals surface area contributed by atoms with E-state index in [0.717, 1.165) is 39.0 Å². The number of aromatic amines is 1. The molecule has 0 aliphatic carbocycles. The predicted molar refractivity (Wildman–Crippen MR) is 122 cm³/mol. The molecule has 0 fully saturated rings. The Hall–Kier alpha value is -2.85. The van der Waals surface area contributed by atoms with E-state index in [0.29, 0.717) is 25.7 Å². The Bertz CT molecular complexity index is 932. The predicted octanol–water partition coefficient (Wildman–Crippen LogP) is 6.28. The summed E-state index contributed by atoms with van der Waals surface area (Å²) < 4.78 is 11.6. The summed E-state index contributed by atoms with van der Waals surface area (Å²) in [5.41, 5.74) is 8.42. The van der Waals surface area contributed by atoms with Gasteiger partial charge in [0.15, 0.2) is 0 Å². The minimum atomic E-state index is 0.451. The molecule has 29 heavy (non-hydrogen) atoms. The smallest absolute Gasteiger partial charge is 0.217 e. The Morgan fingerprint density at radius 2 is 1.86 bits per heavy atom. The van der Waals surface area contributed by atoms with E-state index >= 15 is 0 Å². The molecule has 0 atom stereocenters. The first-order valence-corrected chi connectivity index (χ1v) is 10.1. The van der Waals surface area contributed by atoms with Crippen molar-refractivity contribution in [3.8, 4) is 17.0 Å². The monoisotopic (exact) mass is 392 g/mol. The fourth-order valence-electron chi connectivity index (χ4n) is 3.15. The van der Waals surface area contributed by atoms with E-state index in [9.17, 15) is 0 Å². The first kappa shape index (κ1) is 22.4. The molecule has 1 N–H and O–H groups in total. The molecule has 1 aliphatic heterocycles. The number of aromatic nitrogens is 2. The summed E-state index contributed by atoms with van der Waals surface area (Å²) >= 11 is 0. The zero-order valence-corrected chi connectivity index (χ0v) is 18.3. The Balaban J connectivity index is 0.00000145. The SMILES string of the molecule is C=C(C)C1=C(\C)COCCOc2[nH]ncc2-c2ccc(C)c(c2)C(=C)\C=C\1.CC. The molecule has 0 saturated carbocycles. The summed E-state index contributed by atoms with van der Waals surface area (Å²) in [6, 6.07) is 6.31. The molecule has 2 heterocycles. The van der Waals surface area contributed by atoms with Crippen LogP contribution in [0.1, 0.15) is 38.8 Å². The quantitative estimate of drug-likeness (QED) is 0.621. The molecule has 1 aliphatic rings. The van der Waals surface area contributed by atoms with Gasteiger partial charge < -0.3 is 9.47 Å². The van der Waals surface area contributed by atoms with Gasteiger partial charge in [0.05, 0.1) is 25.0 Å². The van der Waals surface area contributed by atoms with Gasteiger partial charge in [0.25, 0.3) is 0 Å². The molecule has 154 valence electrons. The number of hydrogen-bond donors (Lipinski definition) is 1. The van der Waals surface area contributed by atoms with Crippen LogP contribution in [-0.4, -0.2) is 30.0 Å². The van der Waals surface area contributed by atoms with Gasteiger partial charge in [0, 0.05) is 0 Å². The standard InChI is InChI=1S/C23H26N2O2.C2H6/c1-15(2)20-9-7-17(4)21-12-19(8-6-16(21)3)22-13-24-25-23(22)27-11-10-26-14-18(20)5;1-2/h6-9,12-13H,1,4,10-11,14H2,2-3,5H3,(H,24,25);1-2H3/b9-7+,20-18+;. The van der Waals surface area contributed by atoms with E-state index in [2.05, 4.69) is 61.5 Å². The maximum absolute atomic E-state index is 5.85. The Morgan fingerprint density at radius 1 is 1.10 bits per heavy atom. The fourth-order valence-corrected chi connectivity index (χ4v) is 3.15. The second kappa shape index (κ2) is 10.6. The van der Waals surface area contributed by atoms with Crippen LogP contribution >= 0.6 is 0 Å². The third kappa shape index (κ3) is 5.58. The van der Waals surface area contributed by atoms with Crippen LogP contribution in [-0.2, 0) is 4.74 Å². The minimum absolute atomic E-state index is 0.451. The number of nitrogens with zero attached hydrogens (tertiary/aromatic N) is 1. The van der Waals surface area contributed by atoms with Crippen LogP contribution in [0.15, 0.2) is 66.4 Å². The number of hydrogen-bond acceptors (Lipinski definition) is 3. The van der Waals surface area contributed by atoms with Gasteiger partial charge in [-0.3, -0.25) is 0 Å². The van der Waals surface area contributed by atoms with Crippen molar-refractivity contribution < 1.29 is 9.47 Å². The summed E-state index contributed by atoms with van der Waals surface area (Å²) in [4.78, 5) is 0. The number of H-pyrrole nitrogens is 1. The molecule has 0 saturated heterocycles. The third-order valence-corrected chi connectivity index (χ3v) is 4.66. The topological polar surface area (TPSA) is 47.1 Å². The van der Waals surface area contributed by atoms with Gasteiger partial charge in [0.1, 0.15) is 6.61 Å². The Kier molecular flexibility index (Phi) is 8.22. The molecule has 2 aromatic rings. The number of ether oxygens (including phenoxy) is 2. The van der Waals surface area contributed by atoms with Crippen molar-refractivity contribution in [3.63, 3.8) is 0 Å². The normalized spacial score (nSPS) is 18.3. The summed E-state index contributed by atoms with van der Waals surface area (Å²) in [5, 5.41) is 7.07. The van der Waals surface area contributed by atoms with Crippen molar-refractivity contribution in [1.29, 1.82) is 0 Å². The molecule has 4 heteroatoms. The fraction of sp³-hybridized carbons (Fsp3) is 0.320. The van der Waals surface area contributed by atoms with E-state index in [1.54, 1.807) is 6.20 Å². The lowest BCUT2D eigenvalue weighted by Crippen LogP contribution is -2.09. The second-order valence-corrected chi connectivity index (χ2v) is 6.88. The van der Waals surface area contributed by atoms with Gasteiger partial charge in [0.2, 0.25) is 5.88 Å². The summed E-state index contributed by atoms with van der Waals surface area (Å²) in [5.74, 6) is 0.652. The second-order valence-electron chi connectivity index (χ2n) is 6.88. The summed E-state index contributed by atoms with van der Waals surface area (Å²) in [6.07, 6.45) is 5.91. The van der Waals surface area contributed by atoms with Crippen LogP contribution in [0.3, 0.4) is 0 Å². The highest BCUT2D eigenvalue weighted by molar-refractivity contribution is 5.80. The van der Waals surface area contributed by atoms with Crippen LogP contribution in [0.25, 0.3) is 16.7 Å². The first-order valence-electron chi connectivity index (χ1n) is 10.1. The van der Waals surface area contributed by atoms with E-state index in [1.807, 2.05) is 26.8 Å². The van der Waals surface area contributed by atoms with Gasteiger partial charge in [-0.25, -0.2) is 5.10 Å². The van der Waals surface area contributed by atoms with Crippen LogP contribution in [0.4, 0.5) is 0 Å². The summed E-state index contributed by atoms with van der Waals surface area (Å²) in [6.45, 7) is 20.0. The lowest BCUT2D eigenvalue weighted by Gasteiger charge is -2.10. The van der Waals surface area contributed by atoms with Gasteiger partial charge in [-0.05, 0) is 60.2 Å². The number of rotatable bonds is 1. The first-order chi connectivity index (χ1) is 14.0. The van der Waals surface area contributed by atoms with Gasteiger partial charge in [-0.2, -0.15) is 5.10 Å². The maximum Gasteiger partial charge on any atom is 0.217 e. The molecule has 0 radical (unpaired) electrons. The van der Waals surface area contributed by atoms with Crippen molar-refractivity contribution in [2.45, 2.75) is 34.6 Å². The van der Waals surface area contributed by atoms with Crippen LogP contribution in [0, 0.1) is 6.92 Å². The van der Waals surface area contributed by atoms with E-state index in [4.69, 9.17) is 9.47 Å². The largest absolute Gasteiger partial charge is 0.475 e. The third-order valence-electron chi connectivity index (χ3n) is 4.66. The maximum atomic E-state index is 5.85. The lowest BCUT2D eigenvalue weighted by atomic mass is 9.95. The number of allylic oxidation sites excluding steroid dienone is 5. The number of benzene rings is 1. The van der Waals surface area contributed by atoms with Crippen LogP contribution in [0.2, 0.25) is 0 Å². The van der Waals surface area contributed by atoms with E-state index in [1.165, 1.54) is 5.56 Å². The van der Waals surface area contributed by atoms with Crippen molar-refractivity contribution >= 4 is 5.57 Å². The van der Waals surface area contributed by atoms with Crippen molar-refractivity contribution in [2.75, 3.05) is 19.8 Å². The molecule has 0 amide bonds. The summed E-state index contributed by atoms with van der Waals surface area (Å²) in [7, 11) is 0. The molecule has 3 rings (SSSR count). The van der Waals surface area contributed by atoms with Gasteiger partial charge >= 0.3 is 0 Å². The lowest BCUT2D eigenvalue weighted by molar-refractivity contribution is 0.114. The molecule has 1 aromatic heterocycles. The minimum Gasteiger partial charge on any atom is -0.475 e. The van der Waals surface area contributed by atoms with Gasteiger partial charge in [-0.1, -0.05) is 56.9 Å². The zero-order chi connectivity index (χ0) is 21.4. The van der Waals surface area contributed by atoms with Crippen LogP contribution in [0.5, 0.6) is 5.88 Å². The van der Waals surface area contributed by atoms with Crippen molar-refractivity contribution in [2.24, 2.45) is 0 Å². The van der Waals surface area contributed by atoms with Crippen molar-refractivity contribution in [1.82, 2.24) is 10.2 Å². The average molecular weight is 393 g/mol. The molecular weight excluding hydrogens is 360 g/mol. The highest BCUT2D eigenvalue weighted by Crippen LogP contribution is 2.32. The van der Waals surface area contributed by atoms with Gasteiger partial charge in [-0.15, -0.1) is 0 Å². The number of fused-ring (bicyclic) bond motifs is 4. The Morgan fingerprint density at radius 3 is 2.59 bits per heavy atom. The molecule has 0 spiro atoms. The van der Waals surface area contributed by atoms with E-state index in [-0.39, 0.29) is 0 Å². The molecule has 4 nitrogen and oxygen atoms in total. The number of nitrogens with one attached hydrogen (secondary N) is 1. The molecule has 0 unspecified atom stereocenters. The molecule has 1 aromatic carbocycles.